The average molecular weight is 660 g/mol. The van der Waals surface area contributed by atoms with Crippen molar-refractivity contribution in [3.63, 3.8) is 0 Å². The van der Waals surface area contributed by atoms with E-state index in [1.807, 2.05) is 41.7 Å². The number of imide groups is 1. The van der Waals surface area contributed by atoms with E-state index in [2.05, 4.69) is 106 Å². The number of amides is 2. The first kappa shape index (κ1) is 27.5. The first-order valence-corrected chi connectivity index (χ1v) is 17.4. The van der Waals surface area contributed by atoms with Crippen molar-refractivity contribution in [3.05, 3.63) is 163 Å². The predicted molar refractivity (Wildman–Crippen MR) is 206 cm³/mol. The van der Waals surface area contributed by atoms with E-state index in [4.69, 9.17) is 0 Å². The van der Waals surface area contributed by atoms with Gasteiger partial charge in [-0.3, -0.25) is 9.59 Å². The molecule has 10 aromatic rings. The van der Waals surface area contributed by atoms with E-state index in [-0.39, 0.29) is 11.8 Å². The third-order valence-electron chi connectivity index (χ3n) is 10.2. The molecule has 2 amide bonds. The summed E-state index contributed by atoms with van der Waals surface area (Å²) in [6, 6.07) is 51.6. The molecular formula is C44H25N3O2S. The molecule has 3 aromatic heterocycles. The Morgan fingerprint density at radius 2 is 1.02 bits per heavy atom. The number of fused-ring (bicyclic) bond motifs is 11. The Labute approximate surface area is 289 Å². The highest BCUT2D eigenvalue weighted by Gasteiger charge is 2.38. The molecular weight excluding hydrogens is 635 g/mol. The van der Waals surface area contributed by atoms with Gasteiger partial charge in [0.05, 0.1) is 44.6 Å². The molecule has 1 aliphatic heterocycles. The standard InChI is InChI=1S/C44H25N3O2S/c48-43-30-13-1-2-14-31(30)44(49)47(43)37-19-9-8-18-36(37)46-34-16-6-3-11-27(34)29-22-23-38-41(42(29)46)32-15-4-7-17-35(32)45(38)26-21-24-40-33(25-26)28-12-5-10-20-39(28)50-40/h1-25H. The lowest BCUT2D eigenvalue weighted by molar-refractivity contribution is 0.0926. The monoisotopic (exact) mass is 659 g/mol. The van der Waals surface area contributed by atoms with Crippen LogP contribution in [0.15, 0.2) is 152 Å². The molecule has 0 N–H and O–H groups in total. The maximum Gasteiger partial charge on any atom is 0.266 e. The van der Waals surface area contributed by atoms with Crippen LogP contribution < -0.4 is 4.90 Å². The molecule has 7 aromatic carbocycles. The third kappa shape index (κ3) is 3.55. The summed E-state index contributed by atoms with van der Waals surface area (Å²) < 4.78 is 7.17. The van der Waals surface area contributed by atoms with Crippen LogP contribution in [-0.4, -0.2) is 20.9 Å². The molecule has 0 saturated heterocycles. The summed E-state index contributed by atoms with van der Waals surface area (Å²) in [7, 11) is 0. The predicted octanol–water partition coefficient (Wildman–Crippen LogP) is 11.0. The minimum Gasteiger partial charge on any atom is -0.309 e. The van der Waals surface area contributed by atoms with Gasteiger partial charge < -0.3 is 9.13 Å². The van der Waals surface area contributed by atoms with E-state index < -0.39 is 0 Å². The largest absolute Gasteiger partial charge is 0.309 e. The summed E-state index contributed by atoms with van der Waals surface area (Å²) in [6.07, 6.45) is 0. The van der Waals surface area contributed by atoms with E-state index in [0.29, 0.717) is 16.8 Å². The van der Waals surface area contributed by atoms with Gasteiger partial charge in [-0.25, -0.2) is 4.90 Å². The SMILES string of the molecule is O=C1c2ccccc2C(=O)N1c1ccccc1-n1c2ccccc2c2ccc3c(c4ccccc4n3-c3ccc4sc5ccccc5c4c3)c21. The van der Waals surface area contributed by atoms with Crippen molar-refractivity contribution in [1.29, 1.82) is 0 Å². The normalized spacial score (nSPS) is 13.2. The lowest BCUT2D eigenvalue weighted by Crippen LogP contribution is -2.30. The molecule has 4 heterocycles. The minimum absolute atomic E-state index is 0.308. The number of hydrogen-bond donors (Lipinski definition) is 0. The highest BCUT2D eigenvalue weighted by atomic mass is 32.1. The third-order valence-corrected chi connectivity index (χ3v) is 11.4. The van der Waals surface area contributed by atoms with Crippen LogP contribution in [0.25, 0.3) is 75.2 Å². The van der Waals surface area contributed by atoms with Crippen LogP contribution >= 0.6 is 11.3 Å². The second kappa shape index (κ2) is 10.0. The first-order valence-electron chi connectivity index (χ1n) is 16.6. The fourth-order valence-electron chi connectivity index (χ4n) is 8.14. The number of para-hydroxylation sites is 4. The number of anilines is 1. The smallest absolute Gasteiger partial charge is 0.266 e. The maximum atomic E-state index is 13.9. The van der Waals surface area contributed by atoms with Gasteiger partial charge in [-0.05, 0) is 66.7 Å². The summed E-state index contributed by atoms with van der Waals surface area (Å²) in [5.41, 5.74) is 7.50. The van der Waals surface area contributed by atoms with Crippen molar-refractivity contribution in [2.24, 2.45) is 0 Å². The molecule has 11 rings (SSSR count). The Morgan fingerprint density at radius 1 is 0.420 bits per heavy atom. The molecule has 6 heteroatoms. The number of carbonyl (C=O) groups excluding carboxylic acids is 2. The number of carbonyl (C=O) groups is 2. The lowest BCUT2D eigenvalue weighted by atomic mass is 10.1. The highest BCUT2D eigenvalue weighted by molar-refractivity contribution is 7.25. The second-order valence-electron chi connectivity index (χ2n) is 12.8. The summed E-state index contributed by atoms with van der Waals surface area (Å²) in [5, 5.41) is 6.96. The quantitative estimate of drug-likeness (QED) is 0.177. The fourth-order valence-corrected chi connectivity index (χ4v) is 9.23. The lowest BCUT2D eigenvalue weighted by Gasteiger charge is -2.20. The zero-order valence-electron chi connectivity index (χ0n) is 26.5. The molecule has 0 bridgehead atoms. The Morgan fingerprint density at radius 3 is 1.80 bits per heavy atom. The van der Waals surface area contributed by atoms with Crippen LogP contribution in [0.2, 0.25) is 0 Å². The topological polar surface area (TPSA) is 47.2 Å². The van der Waals surface area contributed by atoms with Crippen LogP contribution in [0.3, 0.4) is 0 Å². The van der Waals surface area contributed by atoms with Gasteiger partial charge in [-0.2, -0.15) is 0 Å². The number of nitrogens with zero attached hydrogens (tertiary/aromatic N) is 3. The number of rotatable bonds is 3. The van der Waals surface area contributed by atoms with Crippen molar-refractivity contribution >= 4 is 92.6 Å². The van der Waals surface area contributed by atoms with Gasteiger partial charge in [-0.1, -0.05) is 84.9 Å². The van der Waals surface area contributed by atoms with Gasteiger partial charge in [-0.15, -0.1) is 11.3 Å². The molecule has 234 valence electrons. The number of aromatic nitrogens is 2. The van der Waals surface area contributed by atoms with E-state index in [0.717, 1.165) is 55.0 Å². The summed E-state index contributed by atoms with van der Waals surface area (Å²) in [5.74, 6) is -0.617. The average Bonchev–Trinajstić information content (AvgIpc) is 3.88. The number of thiophene rings is 1. The van der Waals surface area contributed by atoms with Crippen LogP contribution in [0.5, 0.6) is 0 Å². The molecule has 0 atom stereocenters. The second-order valence-corrected chi connectivity index (χ2v) is 13.9. The van der Waals surface area contributed by atoms with Gasteiger partial charge in [0.25, 0.3) is 11.8 Å². The van der Waals surface area contributed by atoms with E-state index in [1.54, 1.807) is 24.3 Å². The Kier molecular flexibility index (Phi) is 5.50. The zero-order valence-corrected chi connectivity index (χ0v) is 27.3. The van der Waals surface area contributed by atoms with Crippen LogP contribution in [0, 0.1) is 0 Å². The molecule has 0 fully saturated rings. The molecule has 0 radical (unpaired) electrons. The molecule has 0 saturated carbocycles. The highest BCUT2D eigenvalue weighted by Crippen LogP contribution is 2.44. The molecule has 0 spiro atoms. The Balaban J connectivity index is 1.25. The van der Waals surface area contributed by atoms with E-state index in [1.165, 1.54) is 25.1 Å². The molecule has 5 nitrogen and oxygen atoms in total. The molecule has 0 aliphatic carbocycles. The summed E-state index contributed by atoms with van der Waals surface area (Å²) >= 11 is 1.82. The molecule has 50 heavy (non-hydrogen) atoms. The zero-order chi connectivity index (χ0) is 33.1. The van der Waals surface area contributed by atoms with Crippen LogP contribution in [-0.2, 0) is 0 Å². The number of hydrogen-bond acceptors (Lipinski definition) is 3. The Bertz CT molecular complexity index is 3070. The van der Waals surface area contributed by atoms with Crippen LogP contribution in [0.4, 0.5) is 5.69 Å². The number of benzene rings is 7. The van der Waals surface area contributed by atoms with E-state index in [9.17, 15) is 9.59 Å². The van der Waals surface area contributed by atoms with Gasteiger partial charge in [0, 0.05) is 47.4 Å². The van der Waals surface area contributed by atoms with Gasteiger partial charge in [0.15, 0.2) is 0 Å². The van der Waals surface area contributed by atoms with Gasteiger partial charge >= 0.3 is 0 Å². The fraction of sp³-hybridized carbons (Fsp3) is 0. The maximum absolute atomic E-state index is 13.9. The molecule has 0 unspecified atom stereocenters. The Hall–Kier alpha value is -6.50. The molecule has 1 aliphatic rings. The summed E-state index contributed by atoms with van der Waals surface area (Å²) in [6.45, 7) is 0. The van der Waals surface area contributed by atoms with Crippen molar-refractivity contribution in [2.75, 3.05) is 4.90 Å². The summed E-state index contributed by atoms with van der Waals surface area (Å²) in [4.78, 5) is 29.0. The van der Waals surface area contributed by atoms with Crippen molar-refractivity contribution in [1.82, 2.24) is 9.13 Å². The van der Waals surface area contributed by atoms with Gasteiger partial charge in [0.1, 0.15) is 0 Å². The van der Waals surface area contributed by atoms with Crippen LogP contribution in [0.1, 0.15) is 20.7 Å². The van der Waals surface area contributed by atoms with E-state index >= 15 is 0 Å². The van der Waals surface area contributed by atoms with Crippen molar-refractivity contribution in [2.45, 2.75) is 0 Å². The first-order chi connectivity index (χ1) is 24.7. The minimum atomic E-state index is -0.308. The van der Waals surface area contributed by atoms with Crippen molar-refractivity contribution < 1.29 is 9.59 Å². The van der Waals surface area contributed by atoms with Crippen molar-refractivity contribution in [3.8, 4) is 11.4 Å². The van der Waals surface area contributed by atoms with Gasteiger partial charge in [0.2, 0.25) is 0 Å².